The summed E-state index contributed by atoms with van der Waals surface area (Å²) in [5.41, 5.74) is 17.1. The Morgan fingerprint density at radius 3 is 1.11 bits per heavy atom. The molecule has 1 aromatic heterocycles. The van der Waals surface area contributed by atoms with Crippen LogP contribution in [0.2, 0.25) is 0 Å². The number of hydrogen-bond donors (Lipinski definition) is 0. The van der Waals surface area contributed by atoms with E-state index < -0.39 is 0 Å². The number of benzene rings is 11. The molecule has 310 valence electrons. The largest absolute Gasteiger partial charge is 0.456 e. The molecule has 12 rings (SSSR count). The standard InChI is InChI=1S/C64H43NO/c1-4-17-59-49(10-1)13-8-19-61(59)51-28-26-45(27-29-51)47-32-38-57(39-33-47)65(58-40-34-52(35-41-58)62-20-9-14-50-11-2-5-18-60(50)62)56-36-30-46(31-37-56)44-22-24-48(25-23-44)53-15-7-16-54(42-53)64-43-55-12-3-6-21-63(55)66-64/h1-43H. The molecule has 2 nitrogen and oxygen atoms in total. The molecule has 0 atom stereocenters. The normalized spacial score (nSPS) is 11.3. The van der Waals surface area contributed by atoms with Crippen molar-refractivity contribution in [1.29, 1.82) is 0 Å². The molecule has 0 saturated heterocycles. The highest BCUT2D eigenvalue weighted by Gasteiger charge is 2.15. The van der Waals surface area contributed by atoms with Crippen molar-refractivity contribution >= 4 is 49.6 Å². The first kappa shape index (κ1) is 38.9. The van der Waals surface area contributed by atoms with Gasteiger partial charge in [-0.15, -0.1) is 0 Å². The Morgan fingerprint density at radius 1 is 0.242 bits per heavy atom. The van der Waals surface area contributed by atoms with E-state index >= 15 is 0 Å². The molecule has 2 heteroatoms. The van der Waals surface area contributed by atoms with Crippen LogP contribution in [0.15, 0.2) is 265 Å². The van der Waals surface area contributed by atoms with Crippen molar-refractivity contribution in [2.75, 3.05) is 4.90 Å². The molecule has 0 unspecified atom stereocenters. The van der Waals surface area contributed by atoms with Crippen molar-refractivity contribution in [2.24, 2.45) is 0 Å². The molecular formula is C64H43NO. The van der Waals surface area contributed by atoms with E-state index in [4.69, 9.17) is 4.42 Å². The van der Waals surface area contributed by atoms with Gasteiger partial charge >= 0.3 is 0 Å². The number of anilines is 3. The molecule has 0 spiro atoms. The summed E-state index contributed by atoms with van der Waals surface area (Å²) in [6, 6.07) is 93.8. The zero-order valence-electron chi connectivity index (χ0n) is 36.2. The molecule has 0 aliphatic carbocycles. The van der Waals surface area contributed by atoms with Gasteiger partial charge in [0, 0.05) is 28.0 Å². The second-order valence-corrected chi connectivity index (χ2v) is 16.9. The van der Waals surface area contributed by atoms with E-state index in [9.17, 15) is 0 Å². The maximum absolute atomic E-state index is 6.19. The summed E-state index contributed by atoms with van der Waals surface area (Å²) < 4.78 is 6.19. The highest BCUT2D eigenvalue weighted by atomic mass is 16.3. The second kappa shape index (κ2) is 16.8. The molecule has 11 aromatic carbocycles. The lowest BCUT2D eigenvalue weighted by Gasteiger charge is -2.26. The Kier molecular flexibility index (Phi) is 9.89. The summed E-state index contributed by atoms with van der Waals surface area (Å²) in [7, 11) is 0. The molecule has 0 N–H and O–H groups in total. The third-order valence-electron chi connectivity index (χ3n) is 12.9. The summed E-state index contributed by atoms with van der Waals surface area (Å²) in [5, 5.41) is 6.13. The van der Waals surface area contributed by atoms with E-state index in [1.165, 1.54) is 60.5 Å². The lowest BCUT2D eigenvalue weighted by Crippen LogP contribution is -2.09. The number of para-hydroxylation sites is 1. The minimum Gasteiger partial charge on any atom is -0.456 e. The van der Waals surface area contributed by atoms with Crippen molar-refractivity contribution in [2.45, 2.75) is 0 Å². The zero-order chi connectivity index (χ0) is 43.8. The molecule has 0 aliphatic rings. The molecule has 0 aliphatic heterocycles. The molecule has 0 fully saturated rings. The van der Waals surface area contributed by atoms with Crippen LogP contribution in [0.25, 0.3) is 99.5 Å². The summed E-state index contributed by atoms with van der Waals surface area (Å²) in [6.45, 7) is 0. The lowest BCUT2D eigenvalue weighted by atomic mass is 9.96. The van der Waals surface area contributed by atoms with Crippen molar-refractivity contribution in [3.63, 3.8) is 0 Å². The van der Waals surface area contributed by atoms with Gasteiger partial charge in [0.2, 0.25) is 0 Å². The van der Waals surface area contributed by atoms with Crippen molar-refractivity contribution in [3.05, 3.63) is 261 Å². The Bertz CT molecular complexity index is 3610. The fourth-order valence-electron chi connectivity index (χ4n) is 9.47. The minimum absolute atomic E-state index is 0.878. The van der Waals surface area contributed by atoms with Crippen LogP contribution in [0, 0.1) is 0 Å². The molecule has 12 aromatic rings. The van der Waals surface area contributed by atoms with Gasteiger partial charge in [0.15, 0.2) is 0 Å². The fourth-order valence-corrected chi connectivity index (χ4v) is 9.47. The van der Waals surface area contributed by atoms with Gasteiger partial charge in [-0.1, -0.05) is 206 Å². The first-order valence-electron chi connectivity index (χ1n) is 22.6. The van der Waals surface area contributed by atoms with Gasteiger partial charge in [-0.25, -0.2) is 0 Å². The third-order valence-corrected chi connectivity index (χ3v) is 12.9. The van der Waals surface area contributed by atoms with Crippen LogP contribution in [0.4, 0.5) is 17.1 Å². The molecule has 66 heavy (non-hydrogen) atoms. The molecular weight excluding hydrogens is 799 g/mol. The van der Waals surface area contributed by atoms with Crippen LogP contribution in [0.1, 0.15) is 0 Å². The molecule has 0 bridgehead atoms. The summed E-state index contributed by atoms with van der Waals surface area (Å²) in [6.07, 6.45) is 0. The Hall–Kier alpha value is -8.72. The van der Waals surface area contributed by atoms with Crippen LogP contribution in [0.5, 0.6) is 0 Å². The van der Waals surface area contributed by atoms with Gasteiger partial charge in [0.1, 0.15) is 11.3 Å². The quantitative estimate of drug-likeness (QED) is 0.144. The lowest BCUT2D eigenvalue weighted by molar-refractivity contribution is 0.631. The number of furan rings is 1. The Labute approximate surface area is 384 Å². The van der Waals surface area contributed by atoms with Crippen LogP contribution in [0.3, 0.4) is 0 Å². The predicted molar refractivity (Wildman–Crippen MR) is 279 cm³/mol. The maximum atomic E-state index is 6.19. The topological polar surface area (TPSA) is 16.4 Å². The van der Waals surface area contributed by atoms with Gasteiger partial charge < -0.3 is 9.32 Å². The van der Waals surface area contributed by atoms with E-state index in [1.54, 1.807) is 0 Å². The average Bonchev–Trinajstić information content (AvgIpc) is 3.84. The minimum atomic E-state index is 0.878. The van der Waals surface area contributed by atoms with E-state index in [0.29, 0.717) is 0 Å². The zero-order valence-corrected chi connectivity index (χ0v) is 36.2. The van der Waals surface area contributed by atoms with Crippen molar-refractivity contribution in [1.82, 2.24) is 0 Å². The molecule has 0 saturated carbocycles. The molecule has 1 heterocycles. The average molecular weight is 842 g/mol. The van der Waals surface area contributed by atoms with Crippen LogP contribution >= 0.6 is 0 Å². The fraction of sp³-hybridized carbons (Fsp3) is 0. The van der Waals surface area contributed by atoms with E-state index in [1.807, 2.05) is 18.2 Å². The number of hydrogen-bond acceptors (Lipinski definition) is 2. The molecule has 0 radical (unpaired) electrons. The first-order chi connectivity index (χ1) is 32.7. The van der Waals surface area contributed by atoms with Crippen LogP contribution < -0.4 is 4.90 Å². The highest BCUT2D eigenvalue weighted by Crippen LogP contribution is 2.40. The van der Waals surface area contributed by atoms with E-state index in [0.717, 1.165) is 56.0 Å². The third kappa shape index (κ3) is 7.41. The van der Waals surface area contributed by atoms with Gasteiger partial charge in [-0.2, -0.15) is 0 Å². The van der Waals surface area contributed by atoms with Crippen LogP contribution in [-0.4, -0.2) is 0 Å². The van der Waals surface area contributed by atoms with Gasteiger partial charge in [-0.05, 0) is 132 Å². The Morgan fingerprint density at radius 2 is 0.606 bits per heavy atom. The maximum Gasteiger partial charge on any atom is 0.135 e. The monoisotopic (exact) mass is 841 g/mol. The number of nitrogens with zero attached hydrogens (tertiary/aromatic N) is 1. The Balaban J connectivity index is 0.844. The summed E-state index contributed by atoms with van der Waals surface area (Å²) in [4.78, 5) is 2.35. The van der Waals surface area contributed by atoms with Crippen molar-refractivity contribution < 1.29 is 4.42 Å². The van der Waals surface area contributed by atoms with E-state index in [2.05, 4.69) is 248 Å². The number of fused-ring (bicyclic) bond motifs is 3. The smallest absolute Gasteiger partial charge is 0.135 e. The summed E-state index contributed by atoms with van der Waals surface area (Å²) in [5.74, 6) is 0.878. The summed E-state index contributed by atoms with van der Waals surface area (Å²) >= 11 is 0. The number of rotatable bonds is 9. The predicted octanol–water partition coefficient (Wildman–Crippen LogP) is 18.2. The molecule has 0 amide bonds. The SMILES string of the molecule is c1cc(-c2ccc(-c3ccc(N(c4ccc(-c5ccc(-c6cccc7ccccc67)cc5)cc4)c4ccc(-c5cccc6ccccc56)cc4)cc3)cc2)cc(-c2cc3ccccc3o2)c1. The van der Waals surface area contributed by atoms with Gasteiger partial charge in [0.25, 0.3) is 0 Å². The first-order valence-corrected chi connectivity index (χ1v) is 22.6. The van der Waals surface area contributed by atoms with Gasteiger partial charge in [0.05, 0.1) is 0 Å². The van der Waals surface area contributed by atoms with Crippen LogP contribution in [-0.2, 0) is 0 Å². The van der Waals surface area contributed by atoms with Gasteiger partial charge in [-0.3, -0.25) is 0 Å². The van der Waals surface area contributed by atoms with Crippen molar-refractivity contribution in [3.8, 4) is 67.0 Å². The second-order valence-electron chi connectivity index (χ2n) is 16.9. The van der Waals surface area contributed by atoms with E-state index in [-0.39, 0.29) is 0 Å². The highest BCUT2D eigenvalue weighted by molar-refractivity contribution is 5.98.